The van der Waals surface area contributed by atoms with E-state index >= 15 is 0 Å². The molecule has 0 aromatic rings. The van der Waals surface area contributed by atoms with Crippen LogP contribution >= 0.6 is 38.7 Å². The lowest BCUT2D eigenvalue weighted by Gasteiger charge is -2.50. The lowest BCUT2D eigenvalue weighted by molar-refractivity contribution is 0.143. The second-order valence-corrected chi connectivity index (χ2v) is 34.9. The highest BCUT2D eigenvalue weighted by molar-refractivity contribution is 8.34. The van der Waals surface area contributed by atoms with Crippen LogP contribution in [0.5, 0.6) is 0 Å². The maximum Gasteiger partial charge on any atom is 0.335 e. The Kier molecular flexibility index (Phi) is 48.1. The molecule has 0 saturated carbocycles. The first-order valence-corrected chi connectivity index (χ1v) is 38.4. The molecule has 0 aliphatic heterocycles. The van der Waals surface area contributed by atoms with Gasteiger partial charge in [-0.15, -0.1) is 0 Å². The maximum absolute atomic E-state index is 7.86. The largest absolute Gasteiger partial charge is 0.335 e. The van der Waals surface area contributed by atoms with E-state index in [-0.39, 0.29) is 16.3 Å². The van der Waals surface area contributed by atoms with Gasteiger partial charge in [0.15, 0.2) is 0 Å². The smallest absolute Gasteiger partial charge is 0.300 e. The van der Waals surface area contributed by atoms with Crippen molar-refractivity contribution in [2.24, 2.45) is 0 Å². The average molecular weight is 1030 g/mol. The van der Waals surface area contributed by atoms with Crippen LogP contribution in [0.25, 0.3) is 0 Å². The van der Waals surface area contributed by atoms with Crippen molar-refractivity contribution in [3.05, 3.63) is 0 Å². The van der Waals surface area contributed by atoms with E-state index in [4.69, 9.17) is 13.6 Å². The first kappa shape index (κ1) is 68.4. The second-order valence-electron chi connectivity index (χ2n) is 21.5. The zero-order valence-electron chi connectivity index (χ0n) is 48.4. The zero-order valence-corrected chi connectivity index (χ0v) is 51.8. The normalized spacial score (nSPS) is 15.2. The van der Waals surface area contributed by atoms with Crippen molar-refractivity contribution in [3.63, 3.8) is 0 Å². The molecule has 0 bridgehead atoms. The minimum atomic E-state index is -1.50. The van der Waals surface area contributed by atoms with Crippen LogP contribution < -0.4 is 0 Å². The fourth-order valence-corrected chi connectivity index (χ4v) is 26.0. The van der Waals surface area contributed by atoms with Gasteiger partial charge in [0, 0.05) is 0 Å². The predicted octanol–water partition coefficient (Wildman–Crippen LogP) is 22.9. The van der Waals surface area contributed by atoms with Crippen LogP contribution in [-0.2, 0) is 13.6 Å². The van der Waals surface area contributed by atoms with Crippen LogP contribution in [0, 0.1) is 0 Å². The third kappa shape index (κ3) is 32.3. The minimum Gasteiger partial charge on any atom is -0.300 e. The van der Waals surface area contributed by atoms with Gasteiger partial charge in [-0.2, -0.15) is 0 Å². The average Bonchev–Trinajstić information content (AvgIpc) is 3.32. The van der Waals surface area contributed by atoms with Crippen LogP contribution in [-0.4, -0.2) is 68.1 Å². The summed E-state index contributed by atoms with van der Waals surface area (Å²) in [6.07, 6.45) is 48.7. The highest BCUT2D eigenvalue weighted by Gasteiger charge is 2.40. The van der Waals surface area contributed by atoms with Gasteiger partial charge in [-0.05, 0) is 130 Å². The summed E-state index contributed by atoms with van der Waals surface area (Å²) in [5, 5.41) is 0. The van der Waals surface area contributed by atoms with Crippen LogP contribution in [0.1, 0.15) is 314 Å². The molecule has 7 heteroatoms. The Hall–Kier alpha value is 1.36. The molecular weight excluding hydrogens is 896 g/mol. The molecule has 67 heavy (non-hydrogen) atoms. The Balaban J connectivity index is 7.70. The van der Waals surface area contributed by atoms with Gasteiger partial charge >= 0.3 is 8.60 Å². The fourth-order valence-electron chi connectivity index (χ4n) is 10.5. The molecule has 0 saturated heterocycles. The van der Waals surface area contributed by atoms with Gasteiger partial charge in [-0.3, -0.25) is 13.6 Å². The highest BCUT2D eigenvalue weighted by atomic mass is 32.3. The van der Waals surface area contributed by atoms with Crippen molar-refractivity contribution >= 4 is 38.7 Å². The van der Waals surface area contributed by atoms with E-state index in [2.05, 4.69) is 83.1 Å². The van der Waals surface area contributed by atoms with Gasteiger partial charge in [0.2, 0.25) is 0 Å². The Morgan fingerprint density at radius 2 is 0.358 bits per heavy atom. The van der Waals surface area contributed by atoms with Crippen molar-refractivity contribution in [1.82, 2.24) is 0 Å². The quantitative estimate of drug-likeness (QED) is 0.0449. The van der Waals surface area contributed by atoms with Gasteiger partial charge in [0.1, 0.15) is 0 Å². The van der Waals surface area contributed by atoms with Gasteiger partial charge in [-0.25, -0.2) is 30.1 Å². The lowest BCUT2D eigenvalue weighted by atomic mass is 10.2. The van der Waals surface area contributed by atoms with E-state index in [1.54, 1.807) is 0 Å². The van der Waals surface area contributed by atoms with E-state index in [0.717, 1.165) is 0 Å². The van der Waals surface area contributed by atoms with Crippen molar-refractivity contribution < 1.29 is 13.6 Å². The maximum atomic E-state index is 7.86. The molecule has 0 radical (unpaired) electrons. The summed E-state index contributed by atoms with van der Waals surface area (Å²) in [6, 6.07) is 0. The van der Waals surface area contributed by atoms with Gasteiger partial charge in [0.25, 0.3) is 0 Å². The Morgan fingerprint density at radius 1 is 0.224 bits per heavy atom. The van der Waals surface area contributed by atoms with Gasteiger partial charge < -0.3 is 0 Å². The molecule has 0 aliphatic carbocycles. The molecular formula is C60H129O3PS3. The summed E-state index contributed by atoms with van der Waals surface area (Å²) in [4.78, 5) is 0. The molecule has 3 unspecified atom stereocenters. The molecule has 0 heterocycles. The van der Waals surface area contributed by atoms with Crippen molar-refractivity contribution in [3.8, 4) is 0 Å². The summed E-state index contributed by atoms with van der Waals surface area (Å²) in [6.45, 7) is 29.1. The molecule has 0 amide bonds. The summed E-state index contributed by atoms with van der Waals surface area (Å²) < 4.78 is 23.6. The highest BCUT2D eigenvalue weighted by Crippen LogP contribution is 2.66. The van der Waals surface area contributed by atoms with Crippen molar-refractivity contribution in [2.75, 3.05) is 51.8 Å². The molecule has 0 aromatic heterocycles. The first-order chi connectivity index (χ1) is 32.6. The van der Waals surface area contributed by atoms with Crippen LogP contribution in [0.3, 0.4) is 0 Å². The molecule has 410 valence electrons. The minimum absolute atomic E-state index is 0.217. The van der Waals surface area contributed by atoms with Crippen molar-refractivity contribution in [2.45, 2.75) is 331 Å². The molecule has 0 aliphatic rings. The predicted molar refractivity (Wildman–Crippen MR) is 322 cm³/mol. The molecule has 0 rings (SSSR count). The summed E-state index contributed by atoms with van der Waals surface area (Å²) in [7, 11) is -4.59. The molecule has 3 nitrogen and oxygen atoms in total. The Labute approximate surface area is 432 Å². The second kappa shape index (κ2) is 47.1. The third-order valence-corrected chi connectivity index (χ3v) is 31.8. The van der Waals surface area contributed by atoms with Gasteiger partial charge in [0.05, 0.1) is 16.3 Å². The summed E-state index contributed by atoms with van der Waals surface area (Å²) in [5.41, 5.74) is 0.650. The standard InChI is InChI=1S/C60H129O3PS3/c1-13-22-31-40-49-65(50-41-32-23-14-2,51-42-33-24-15-3)58(10)61-64(62-59(11)66(52-43-34-25-16-4,53-44-35-26-17-5)54-45-36-27-18-6)63-60(12)67(55-46-37-28-19-7,56-47-38-29-20-8)57-48-39-30-21-9/h58-60H,13-57H2,1-12H3. The Morgan fingerprint density at radius 3 is 0.478 bits per heavy atom. The van der Waals surface area contributed by atoms with E-state index in [9.17, 15) is 0 Å². The summed E-state index contributed by atoms with van der Waals surface area (Å²) in [5.74, 6) is 12.4. The van der Waals surface area contributed by atoms with E-state index < -0.39 is 38.7 Å². The number of unbranched alkanes of at least 4 members (excludes halogenated alkanes) is 27. The topological polar surface area (TPSA) is 27.7 Å². The lowest BCUT2D eigenvalue weighted by Crippen LogP contribution is -2.31. The first-order valence-electron chi connectivity index (χ1n) is 30.7. The molecule has 3 atom stereocenters. The zero-order chi connectivity index (χ0) is 49.8. The fraction of sp³-hybridized carbons (Fsp3) is 1.00. The molecule has 0 aromatic carbocycles. The van der Waals surface area contributed by atoms with Crippen LogP contribution in [0.4, 0.5) is 0 Å². The SMILES string of the molecule is CCCCCCS(CCCCCC)(CCCCCC)C(C)OP(OC(C)S(CCCCCC)(CCCCCC)CCCCCC)OC(C)S(CCCCCC)(CCCCCC)CCCCCC. The number of hydrogen-bond donors (Lipinski definition) is 0. The molecule has 0 fully saturated rings. The number of hydrogen-bond acceptors (Lipinski definition) is 3. The molecule has 0 spiro atoms. The van der Waals surface area contributed by atoms with E-state index in [1.807, 2.05) is 0 Å². The van der Waals surface area contributed by atoms with Crippen LogP contribution in [0.2, 0.25) is 0 Å². The Bertz CT molecular complexity index is 800. The summed E-state index contributed by atoms with van der Waals surface area (Å²) >= 11 is 0. The third-order valence-electron chi connectivity index (χ3n) is 15.5. The van der Waals surface area contributed by atoms with E-state index in [1.165, 1.54) is 283 Å². The molecule has 0 N–H and O–H groups in total. The van der Waals surface area contributed by atoms with E-state index in [0.29, 0.717) is 0 Å². The monoisotopic (exact) mass is 1020 g/mol. The van der Waals surface area contributed by atoms with Crippen LogP contribution in [0.15, 0.2) is 0 Å². The number of rotatable bonds is 54. The van der Waals surface area contributed by atoms with Gasteiger partial charge in [-0.1, -0.05) is 236 Å². The van der Waals surface area contributed by atoms with Crippen molar-refractivity contribution in [1.29, 1.82) is 0 Å².